The van der Waals surface area contributed by atoms with Crippen LogP contribution in [0, 0.1) is 6.92 Å². The predicted octanol–water partition coefficient (Wildman–Crippen LogP) is 2.77. The molecule has 1 aromatic carbocycles. The summed E-state index contributed by atoms with van der Waals surface area (Å²) in [6.45, 7) is 2.47. The smallest absolute Gasteiger partial charge is 0.226 e. The fraction of sp³-hybridized carbons (Fsp3) is 0.417. The molecule has 0 radical (unpaired) electrons. The largest absolute Gasteiger partial charge is 0.330 e. The Bertz CT molecular complexity index is 383. The van der Waals surface area contributed by atoms with Gasteiger partial charge in [-0.3, -0.25) is 4.79 Å². The normalized spacial score (nSPS) is 9.65. The summed E-state index contributed by atoms with van der Waals surface area (Å²) in [5.74, 6) is 0.0605. The number of hydrogen-bond acceptors (Lipinski definition) is 2. The van der Waals surface area contributed by atoms with Crippen LogP contribution in [0.3, 0.4) is 0 Å². The minimum absolute atomic E-state index is 0. The van der Waals surface area contributed by atoms with Crippen molar-refractivity contribution in [3.05, 3.63) is 28.8 Å². The van der Waals surface area contributed by atoms with Gasteiger partial charge in [-0.05, 0) is 37.6 Å². The summed E-state index contributed by atoms with van der Waals surface area (Å²) >= 11 is 6.01. The first kappa shape index (κ1) is 16.2. The van der Waals surface area contributed by atoms with Crippen LogP contribution in [-0.2, 0) is 4.79 Å². The van der Waals surface area contributed by atoms with Crippen molar-refractivity contribution in [2.75, 3.05) is 18.5 Å². The van der Waals surface area contributed by atoms with E-state index in [4.69, 9.17) is 17.3 Å². The Morgan fingerprint density at radius 3 is 2.65 bits per heavy atom. The van der Waals surface area contributed by atoms with E-state index in [9.17, 15) is 4.79 Å². The molecular weight excluding hydrogens is 259 g/mol. The van der Waals surface area contributed by atoms with Gasteiger partial charge in [0.05, 0.1) is 0 Å². The molecule has 1 aromatic rings. The fourth-order valence-electron chi connectivity index (χ4n) is 1.36. The number of benzene rings is 1. The van der Waals surface area contributed by atoms with E-state index in [2.05, 4.69) is 0 Å². The molecule has 5 heteroatoms. The van der Waals surface area contributed by atoms with Gasteiger partial charge in [-0.25, -0.2) is 0 Å². The molecule has 2 N–H and O–H groups in total. The highest BCUT2D eigenvalue weighted by Gasteiger charge is 2.10. The van der Waals surface area contributed by atoms with Gasteiger partial charge in [-0.2, -0.15) is 0 Å². The minimum Gasteiger partial charge on any atom is -0.330 e. The molecular formula is C12H18Cl2N2O. The Balaban J connectivity index is 0.00000256. The lowest BCUT2D eigenvalue weighted by atomic mass is 10.2. The lowest BCUT2D eigenvalue weighted by Crippen LogP contribution is -2.26. The van der Waals surface area contributed by atoms with Gasteiger partial charge < -0.3 is 10.6 Å². The van der Waals surface area contributed by atoms with E-state index in [0.717, 1.165) is 11.3 Å². The van der Waals surface area contributed by atoms with Crippen LogP contribution >= 0.6 is 24.0 Å². The SMILES string of the molecule is Cc1ccc(N(C)C(=O)CCCN)cc1Cl.Cl. The van der Waals surface area contributed by atoms with Crippen molar-refractivity contribution >= 4 is 35.6 Å². The second kappa shape index (κ2) is 7.54. The van der Waals surface area contributed by atoms with Crippen molar-refractivity contribution in [1.82, 2.24) is 0 Å². The van der Waals surface area contributed by atoms with Crippen LogP contribution in [0.1, 0.15) is 18.4 Å². The van der Waals surface area contributed by atoms with Crippen LogP contribution in [0.2, 0.25) is 5.02 Å². The maximum atomic E-state index is 11.7. The number of carbonyl (C=O) groups excluding carboxylic acids is 1. The minimum atomic E-state index is 0. The number of amides is 1. The lowest BCUT2D eigenvalue weighted by molar-refractivity contribution is -0.118. The topological polar surface area (TPSA) is 46.3 Å². The molecule has 0 spiro atoms. The molecule has 0 saturated heterocycles. The zero-order valence-corrected chi connectivity index (χ0v) is 11.6. The van der Waals surface area contributed by atoms with Gasteiger partial charge >= 0.3 is 0 Å². The van der Waals surface area contributed by atoms with Gasteiger partial charge in [0, 0.05) is 24.2 Å². The second-order valence-corrected chi connectivity index (χ2v) is 4.19. The van der Waals surface area contributed by atoms with Gasteiger partial charge in [0.15, 0.2) is 0 Å². The Kier molecular flexibility index (Phi) is 7.19. The molecule has 0 aliphatic carbocycles. The summed E-state index contributed by atoms with van der Waals surface area (Å²) in [4.78, 5) is 13.3. The highest BCUT2D eigenvalue weighted by molar-refractivity contribution is 6.31. The molecule has 0 unspecified atom stereocenters. The highest BCUT2D eigenvalue weighted by atomic mass is 35.5. The first-order chi connectivity index (χ1) is 7.56. The molecule has 0 bridgehead atoms. The molecule has 1 amide bonds. The Morgan fingerprint density at radius 2 is 2.12 bits per heavy atom. The van der Waals surface area contributed by atoms with Crippen LogP contribution in [-0.4, -0.2) is 19.5 Å². The van der Waals surface area contributed by atoms with E-state index in [1.807, 2.05) is 19.1 Å². The van der Waals surface area contributed by atoms with E-state index in [-0.39, 0.29) is 18.3 Å². The summed E-state index contributed by atoms with van der Waals surface area (Å²) in [7, 11) is 1.75. The fourth-order valence-corrected chi connectivity index (χ4v) is 1.53. The Morgan fingerprint density at radius 1 is 1.47 bits per heavy atom. The van der Waals surface area contributed by atoms with E-state index in [1.54, 1.807) is 18.0 Å². The van der Waals surface area contributed by atoms with Crippen LogP contribution < -0.4 is 10.6 Å². The third-order valence-corrected chi connectivity index (χ3v) is 2.92. The number of rotatable bonds is 4. The zero-order valence-electron chi connectivity index (χ0n) is 10.1. The number of hydrogen-bond donors (Lipinski definition) is 1. The first-order valence-electron chi connectivity index (χ1n) is 5.29. The number of halogens is 2. The van der Waals surface area contributed by atoms with Gasteiger partial charge in [-0.1, -0.05) is 17.7 Å². The number of nitrogens with two attached hydrogens (primary N) is 1. The van der Waals surface area contributed by atoms with Crippen LogP contribution in [0.4, 0.5) is 5.69 Å². The van der Waals surface area contributed by atoms with Gasteiger partial charge in [-0.15, -0.1) is 12.4 Å². The standard InChI is InChI=1S/C12H17ClN2O.ClH/c1-9-5-6-10(8-11(9)13)15(2)12(16)4-3-7-14;/h5-6,8H,3-4,7,14H2,1-2H3;1H. The van der Waals surface area contributed by atoms with Gasteiger partial charge in [0.1, 0.15) is 0 Å². The van der Waals surface area contributed by atoms with Crippen LogP contribution in [0.25, 0.3) is 0 Å². The molecule has 1 rings (SSSR count). The monoisotopic (exact) mass is 276 g/mol. The molecule has 96 valence electrons. The summed E-state index contributed by atoms with van der Waals surface area (Å²) in [5, 5.41) is 0.677. The first-order valence-corrected chi connectivity index (χ1v) is 5.67. The number of carbonyl (C=O) groups is 1. The molecule has 0 aliphatic heterocycles. The van der Waals surface area contributed by atoms with Crippen molar-refractivity contribution in [3.8, 4) is 0 Å². The molecule has 0 atom stereocenters. The number of nitrogens with zero attached hydrogens (tertiary/aromatic N) is 1. The number of aryl methyl sites for hydroxylation is 1. The third kappa shape index (κ3) is 4.54. The second-order valence-electron chi connectivity index (χ2n) is 3.78. The quantitative estimate of drug-likeness (QED) is 0.919. The van der Waals surface area contributed by atoms with Crippen molar-refractivity contribution in [2.24, 2.45) is 5.73 Å². The molecule has 0 fully saturated rings. The van der Waals surface area contributed by atoms with Crippen molar-refractivity contribution in [3.63, 3.8) is 0 Å². The molecule has 0 aliphatic rings. The zero-order chi connectivity index (χ0) is 12.1. The lowest BCUT2D eigenvalue weighted by Gasteiger charge is -2.17. The summed E-state index contributed by atoms with van der Waals surface area (Å²) in [6.07, 6.45) is 1.18. The summed E-state index contributed by atoms with van der Waals surface area (Å²) in [5.41, 5.74) is 7.19. The average Bonchev–Trinajstić information content (AvgIpc) is 2.28. The summed E-state index contributed by atoms with van der Waals surface area (Å²) in [6, 6.07) is 5.60. The Hall–Kier alpha value is -0.770. The average molecular weight is 277 g/mol. The van der Waals surface area contributed by atoms with E-state index < -0.39 is 0 Å². The van der Waals surface area contributed by atoms with E-state index in [1.165, 1.54) is 0 Å². The predicted molar refractivity (Wildman–Crippen MR) is 75.1 cm³/mol. The molecule has 0 heterocycles. The van der Waals surface area contributed by atoms with Crippen molar-refractivity contribution < 1.29 is 4.79 Å². The van der Waals surface area contributed by atoms with E-state index in [0.29, 0.717) is 24.4 Å². The van der Waals surface area contributed by atoms with Gasteiger partial charge in [0.25, 0.3) is 0 Å². The van der Waals surface area contributed by atoms with Crippen LogP contribution in [0.15, 0.2) is 18.2 Å². The number of anilines is 1. The third-order valence-electron chi connectivity index (χ3n) is 2.51. The maximum absolute atomic E-state index is 11.7. The maximum Gasteiger partial charge on any atom is 0.226 e. The van der Waals surface area contributed by atoms with Crippen LogP contribution in [0.5, 0.6) is 0 Å². The highest BCUT2D eigenvalue weighted by Crippen LogP contribution is 2.22. The van der Waals surface area contributed by atoms with Crippen molar-refractivity contribution in [1.29, 1.82) is 0 Å². The summed E-state index contributed by atoms with van der Waals surface area (Å²) < 4.78 is 0. The van der Waals surface area contributed by atoms with Crippen molar-refractivity contribution in [2.45, 2.75) is 19.8 Å². The Labute approximate surface area is 113 Å². The molecule has 0 aromatic heterocycles. The molecule has 3 nitrogen and oxygen atoms in total. The van der Waals surface area contributed by atoms with E-state index >= 15 is 0 Å². The molecule has 0 saturated carbocycles. The molecule has 17 heavy (non-hydrogen) atoms. The van der Waals surface area contributed by atoms with Gasteiger partial charge in [0.2, 0.25) is 5.91 Å².